The van der Waals surface area contributed by atoms with E-state index in [1.807, 2.05) is 35.1 Å². The van der Waals surface area contributed by atoms with Crippen LogP contribution in [0.3, 0.4) is 0 Å². The van der Waals surface area contributed by atoms with E-state index in [4.69, 9.17) is 10.5 Å². The molecule has 0 aliphatic heterocycles. The fraction of sp³-hybridized carbons (Fsp3) is 0.800. The van der Waals surface area contributed by atoms with Crippen LogP contribution in [0.2, 0.25) is 0 Å². The van der Waals surface area contributed by atoms with Crippen molar-refractivity contribution >= 4 is 11.9 Å². The van der Waals surface area contributed by atoms with E-state index in [1.54, 1.807) is 9.80 Å². The second-order valence-electron chi connectivity index (χ2n) is 3.61. The third kappa shape index (κ3) is 12.7. The second kappa shape index (κ2) is 9.30. The van der Waals surface area contributed by atoms with Crippen LogP contribution in [0.4, 0.5) is 0 Å². The molecule has 5 nitrogen and oxygen atoms in total. The van der Waals surface area contributed by atoms with Crippen molar-refractivity contribution in [2.45, 2.75) is 26.2 Å². The van der Waals surface area contributed by atoms with Gasteiger partial charge in [-0.2, -0.15) is 0 Å². The maximum atomic E-state index is 9.76. The number of aliphatic carboxylic acids is 1. The van der Waals surface area contributed by atoms with Crippen molar-refractivity contribution in [2.75, 3.05) is 28.2 Å². The number of nitrogens with zero attached hydrogens (tertiary/aromatic N) is 2. The van der Waals surface area contributed by atoms with Gasteiger partial charge in [-0.3, -0.25) is 10.2 Å². The first-order valence-electron chi connectivity index (χ1n) is 4.97. The van der Waals surface area contributed by atoms with E-state index in [9.17, 15) is 4.79 Å². The van der Waals surface area contributed by atoms with E-state index in [1.165, 1.54) is 0 Å². The number of rotatable bonds is 3. The van der Waals surface area contributed by atoms with Crippen molar-refractivity contribution < 1.29 is 9.90 Å². The molecule has 0 saturated heterocycles. The lowest BCUT2D eigenvalue weighted by atomic mass is 10.3. The van der Waals surface area contributed by atoms with E-state index in [2.05, 4.69) is 0 Å². The third-order valence-corrected chi connectivity index (χ3v) is 1.59. The van der Waals surface area contributed by atoms with Crippen molar-refractivity contribution in [3.63, 3.8) is 0 Å². The Morgan fingerprint density at radius 2 is 1.60 bits per heavy atom. The van der Waals surface area contributed by atoms with E-state index >= 15 is 0 Å². The van der Waals surface area contributed by atoms with Crippen LogP contribution in [-0.4, -0.2) is 55.0 Å². The van der Waals surface area contributed by atoms with Crippen LogP contribution >= 0.6 is 0 Å². The predicted molar refractivity (Wildman–Crippen MR) is 62.3 cm³/mol. The summed E-state index contributed by atoms with van der Waals surface area (Å²) in [5.74, 6) is -0.174. The molecule has 0 radical (unpaired) electrons. The Hall–Kier alpha value is -1.26. The molecule has 0 aromatic rings. The van der Waals surface area contributed by atoms with Crippen LogP contribution in [0, 0.1) is 5.41 Å². The van der Waals surface area contributed by atoms with Crippen molar-refractivity contribution in [3.8, 4) is 0 Å². The summed E-state index contributed by atoms with van der Waals surface area (Å²) in [6.07, 6.45) is 2.08. The minimum absolute atomic E-state index is 0.316. The monoisotopic (exact) mass is 217 g/mol. The normalized spacial score (nSPS) is 8.60. The van der Waals surface area contributed by atoms with Crippen molar-refractivity contribution in [1.82, 2.24) is 9.80 Å². The van der Waals surface area contributed by atoms with Crippen LogP contribution in [0.25, 0.3) is 0 Å². The highest BCUT2D eigenvalue weighted by atomic mass is 16.4. The van der Waals surface area contributed by atoms with E-state index in [-0.39, 0.29) is 0 Å². The molecule has 0 atom stereocenters. The number of guanidine groups is 1. The van der Waals surface area contributed by atoms with Gasteiger partial charge in [-0.1, -0.05) is 13.3 Å². The van der Waals surface area contributed by atoms with Crippen molar-refractivity contribution in [3.05, 3.63) is 0 Å². The minimum Gasteiger partial charge on any atom is -0.481 e. The summed E-state index contributed by atoms with van der Waals surface area (Å²) >= 11 is 0. The van der Waals surface area contributed by atoms with Gasteiger partial charge < -0.3 is 14.9 Å². The molecular formula is C10H23N3O2. The van der Waals surface area contributed by atoms with E-state index < -0.39 is 5.97 Å². The zero-order valence-corrected chi connectivity index (χ0v) is 10.4. The van der Waals surface area contributed by atoms with Gasteiger partial charge in [0, 0.05) is 34.6 Å². The molecule has 0 rings (SSSR count). The summed E-state index contributed by atoms with van der Waals surface area (Å²) in [6.45, 7) is 1.98. The van der Waals surface area contributed by atoms with Gasteiger partial charge in [0.05, 0.1) is 0 Å². The first kappa shape index (κ1) is 16.2. The third-order valence-electron chi connectivity index (χ3n) is 1.59. The Balaban J connectivity index is 0. The summed E-state index contributed by atoms with van der Waals surface area (Å²) in [4.78, 5) is 13.3. The lowest BCUT2D eigenvalue weighted by molar-refractivity contribution is -0.137. The number of hydrogen-bond donors (Lipinski definition) is 2. The van der Waals surface area contributed by atoms with E-state index in [0.717, 1.165) is 12.8 Å². The maximum absolute atomic E-state index is 9.76. The molecule has 15 heavy (non-hydrogen) atoms. The SMILES string of the molecule is CCCCC(=O)O.CN(C)C(=N)N(C)C. The minimum atomic E-state index is -0.693. The highest BCUT2D eigenvalue weighted by Gasteiger charge is 1.97. The highest BCUT2D eigenvalue weighted by molar-refractivity contribution is 5.75. The fourth-order valence-electron chi connectivity index (χ4n) is 0.728. The molecule has 0 saturated carbocycles. The number of nitrogens with one attached hydrogen (secondary N) is 1. The number of hydrogen-bond acceptors (Lipinski definition) is 2. The van der Waals surface area contributed by atoms with E-state index in [0.29, 0.717) is 12.4 Å². The molecule has 0 aromatic heterocycles. The molecule has 0 bridgehead atoms. The van der Waals surface area contributed by atoms with Crippen LogP contribution in [-0.2, 0) is 4.79 Å². The first-order valence-corrected chi connectivity index (χ1v) is 4.97. The number of carbonyl (C=O) groups is 1. The molecule has 0 heterocycles. The van der Waals surface area contributed by atoms with Crippen LogP contribution < -0.4 is 0 Å². The van der Waals surface area contributed by atoms with Crippen molar-refractivity contribution in [2.24, 2.45) is 0 Å². The largest absolute Gasteiger partial charge is 0.481 e. The van der Waals surface area contributed by atoms with Gasteiger partial charge >= 0.3 is 5.97 Å². The molecule has 2 N–H and O–H groups in total. The average Bonchev–Trinajstić information content (AvgIpc) is 2.14. The standard InChI is InChI=1S/C5H13N3.C5H10O2/c1-7(2)5(6)8(3)4;1-2-3-4-5(6)7/h6H,1-4H3;2-4H2,1H3,(H,6,7). The molecule has 0 aliphatic rings. The van der Waals surface area contributed by atoms with Gasteiger partial charge in [-0.05, 0) is 6.42 Å². The molecule has 0 unspecified atom stereocenters. The zero-order valence-electron chi connectivity index (χ0n) is 10.4. The van der Waals surface area contributed by atoms with Crippen molar-refractivity contribution in [1.29, 1.82) is 5.41 Å². The summed E-state index contributed by atoms with van der Waals surface area (Å²) in [5, 5.41) is 15.3. The number of carboxylic acids is 1. The quantitative estimate of drug-likeness (QED) is 0.552. The maximum Gasteiger partial charge on any atom is 0.303 e. The molecule has 0 amide bonds. The molecule has 0 aromatic carbocycles. The smallest absolute Gasteiger partial charge is 0.303 e. The van der Waals surface area contributed by atoms with Crippen LogP contribution in [0.1, 0.15) is 26.2 Å². The van der Waals surface area contributed by atoms with Gasteiger partial charge in [0.1, 0.15) is 0 Å². The van der Waals surface area contributed by atoms with Gasteiger partial charge in [0.2, 0.25) is 0 Å². The zero-order chi connectivity index (χ0) is 12.4. The molecule has 5 heteroatoms. The summed E-state index contributed by atoms with van der Waals surface area (Å²) in [5.41, 5.74) is 0. The molecular weight excluding hydrogens is 194 g/mol. The summed E-state index contributed by atoms with van der Waals surface area (Å²) < 4.78 is 0. The van der Waals surface area contributed by atoms with Crippen LogP contribution in [0.15, 0.2) is 0 Å². The molecule has 0 aliphatic carbocycles. The Kier molecular flexibility index (Phi) is 10.0. The average molecular weight is 217 g/mol. The number of carboxylic acid groups (broad SMARTS) is 1. The summed E-state index contributed by atoms with van der Waals surface area (Å²) in [7, 11) is 7.40. The lowest BCUT2D eigenvalue weighted by Crippen LogP contribution is -2.34. The molecule has 90 valence electrons. The fourth-order valence-corrected chi connectivity index (χ4v) is 0.728. The van der Waals surface area contributed by atoms with Crippen LogP contribution in [0.5, 0.6) is 0 Å². The Labute approximate surface area is 92.2 Å². The molecule has 0 fully saturated rings. The lowest BCUT2D eigenvalue weighted by Gasteiger charge is -2.19. The van der Waals surface area contributed by atoms with Gasteiger partial charge in [-0.25, -0.2) is 0 Å². The highest BCUT2D eigenvalue weighted by Crippen LogP contribution is 1.91. The van der Waals surface area contributed by atoms with Gasteiger partial charge in [0.25, 0.3) is 0 Å². The number of unbranched alkanes of at least 4 members (excludes halogenated alkanes) is 1. The second-order valence-corrected chi connectivity index (χ2v) is 3.61. The molecule has 0 spiro atoms. The summed E-state index contributed by atoms with van der Waals surface area (Å²) in [6, 6.07) is 0. The topological polar surface area (TPSA) is 67.6 Å². The predicted octanol–water partition coefficient (Wildman–Crippen LogP) is 1.31. The first-order chi connectivity index (χ1) is 6.82. The van der Waals surface area contributed by atoms with Gasteiger partial charge in [-0.15, -0.1) is 0 Å². The van der Waals surface area contributed by atoms with Gasteiger partial charge in [0.15, 0.2) is 5.96 Å². The Bertz CT molecular complexity index is 181. The Morgan fingerprint density at radius 1 is 1.20 bits per heavy atom. The Morgan fingerprint density at radius 3 is 1.67 bits per heavy atom.